The maximum Gasteiger partial charge on any atom is 0.337 e. The molecule has 1 fully saturated rings. The number of hydrogen-bond donors (Lipinski definition) is 1. The van der Waals surface area contributed by atoms with E-state index >= 15 is 0 Å². The monoisotopic (exact) mass is 364 g/mol. The molecule has 3 rings (SSSR count). The van der Waals surface area contributed by atoms with E-state index in [-0.39, 0.29) is 5.56 Å². The van der Waals surface area contributed by atoms with Crippen LogP contribution >= 0.6 is 0 Å². The van der Waals surface area contributed by atoms with Gasteiger partial charge in [0.05, 0.1) is 11.3 Å². The second kappa shape index (κ2) is 7.26. The van der Waals surface area contributed by atoms with Crippen molar-refractivity contribution >= 4 is 17.3 Å². The molecule has 0 aromatic heterocycles. The molecule has 0 atom stereocenters. The van der Waals surface area contributed by atoms with Crippen LogP contribution in [0.2, 0.25) is 0 Å². The van der Waals surface area contributed by atoms with Crippen molar-refractivity contribution < 1.29 is 9.90 Å². The van der Waals surface area contributed by atoms with Crippen LogP contribution in [0.15, 0.2) is 58.8 Å². The average molecular weight is 364 g/mol. The van der Waals surface area contributed by atoms with E-state index in [0.717, 1.165) is 5.69 Å². The summed E-state index contributed by atoms with van der Waals surface area (Å²) in [5.41, 5.74) is 3.31. The molecule has 1 aliphatic rings. The number of azo groups is 1. The first-order valence-electron chi connectivity index (χ1n) is 9.49. The zero-order valence-corrected chi connectivity index (χ0v) is 16.6. The fraction of sp³-hybridized carbons (Fsp3) is 0.435. The number of aromatic carboxylic acids is 1. The summed E-state index contributed by atoms with van der Waals surface area (Å²) >= 11 is 0. The Morgan fingerprint density at radius 3 is 2.11 bits per heavy atom. The van der Waals surface area contributed by atoms with Crippen LogP contribution in [0.1, 0.15) is 68.8 Å². The normalized spacial score (nSPS) is 19.3. The van der Waals surface area contributed by atoms with Crippen LogP contribution in [0, 0.1) is 10.8 Å². The molecule has 2 aromatic carbocycles. The zero-order valence-electron chi connectivity index (χ0n) is 16.6. The van der Waals surface area contributed by atoms with Gasteiger partial charge in [0.25, 0.3) is 0 Å². The molecule has 2 aromatic rings. The number of carboxylic acids is 1. The molecule has 0 amide bonds. The van der Waals surface area contributed by atoms with Crippen LogP contribution in [0.3, 0.4) is 0 Å². The summed E-state index contributed by atoms with van der Waals surface area (Å²) in [7, 11) is 0. The molecular weight excluding hydrogens is 336 g/mol. The summed E-state index contributed by atoms with van der Waals surface area (Å²) in [6.07, 6.45) is 3.65. The maximum absolute atomic E-state index is 11.3. The lowest BCUT2D eigenvalue weighted by Gasteiger charge is -2.45. The summed E-state index contributed by atoms with van der Waals surface area (Å²) in [5.74, 6) is -0.440. The second-order valence-corrected chi connectivity index (χ2v) is 9.22. The third-order valence-corrected chi connectivity index (χ3v) is 5.33. The molecule has 0 radical (unpaired) electrons. The van der Waals surface area contributed by atoms with Gasteiger partial charge in [0.15, 0.2) is 0 Å². The van der Waals surface area contributed by atoms with E-state index < -0.39 is 5.97 Å². The number of rotatable bonds is 4. The number of carbonyl (C=O) groups is 1. The minimum absolute atomic E-state index is 0.157. The lowest BCUT2D eigenvalue weighted by molar-refractivity contribution is 0.0697. The first-order valence-corrected chi connectivity index (χ1v) is 9.49. The molecule has 1 saturated carbocycles. The van der Waals surface area contributed by atoms with E-state index in [9.17, 15) is 9.90 Å². The van der Waals surface area contributed by atoms with Crippen LogP contribution in [0.4, 0.5) is 11.4 Å². The summed E-state index contributed by atoms with van der Waals surface area (Å²) in [6.45, 7) is 9.46. The Bertz CT molecular complexity index is 835. The highest BCUT2D eigenvalue weighted by Crippen LogP contribution is 2.51. The van der Waals surface area contributed by atoms with Crippen molar-refractivity contribution in [1.29, 1.82) is 0 Å². The fourth-order valence-corrected chi connectivity index (χ4v) is 4.75. The smallest absolute Gasteiger partial charge is 0.337 e. The quantitative estimate of drug-likeness (QED) is 0.587. The lowest BCUT2D eigenvalue weighted by atomic mass is 9.60. The molecule has 1 N–H and O–H groups in total. The summed E-state index contributed by atoms with van der Waals surface area (Å²) in [4.78, 5) is 11.3. The van der Waals surface area contributed by atoms with Crippen molar-refractivity contribution in [3.05, 3.63) is 59.7 Å². The van der Waals surface area contributed by atoms with Gasteiger partial charge in [-0.3, -0.25) is 0 Å². The Labute approximate surface area is 161 Å². The van der Waals surface area contributed by atoms with Gasteiger partial charge in [0.2, 0.25) is 0 Å². The highest BCUT2D eigenvalue weighted by Gasteiger charge is 2.38. The largest absolute Gasteiger partial charge is 0.478 e. The van der Waals surface area contributed by atoms with Gasteiger partial charge in [0.1, 0.15) is 5.69 Å². The minimum atomic E-state index is -0.998. The summed E-state index contributed by atoms with van der Waals surface area (Å²) in [6, 6.07) is 14.9. The van der Waals surface area contributed by atoms with Crippen molar-refractivity contribution in [2.45, 2.75) is 52.9 Å². The molecule has 0 bridgehead atoms. The third-order valence-electron chi connectivity index (χ3n) is 5.33. The molecule has 142 valence electrons. The SMILES string of the molecule is CC1(C)CC(c2ccc(/N=N/c3ccccc3C(=O)O)cc2)CC(C)(C)C1. The molecule has 0 aliphatic heterocycles. The molecule has 0 spiro atoms. The van der Waals surface area contributed by atoms with Gasteiger partial charge in [-0.05, 0) is 65.8 Å². The molecule has 27 heavy (non-hydrogen) atoms. The third kappa shape index (κ3) is 4.82. The lowest BCUT2D eigenvalue weighted by Crippen LogP contribution is -2.32. The summed E-state index contributed by atoms with van der Waals surface area (Å²) in [5, 5.41) is 17.6. The Balaban J connectivity index is 1.77. The van der Waals surface area contributed by atoms with E-state index in [0.29, 0.717) is 22.4 Å². The Hall–Kier alpha value is -2.49. The Kier molecular flexibility index (Phi) is 5.18. The van der Waals surface area contributed by atoms with Crippen LogP contribution < -0.4 is 0 Å². The van der Waals surface area contributed by atoms with Gasteiger partial charge >= 0.3 is 5.97 Å². The molecular formula is C23H28N2O2. The van der Waals surface area contributed by atoms with Gasteiger partial charge in [-0.2, -0.15) is 5.11 Å². The van der Waals surface area contributed by atoms with Crippen LogP contribution in [0.25, 0.3) is 0 Å². The van der Waals surface area contributed by atoms with Gasteiger partial charge in [-0.1, -0.05) is 52.0 Å². The topological polar surface area (TPSA) is 62.0 Å². The highest BCUT2D eigenvalue weighted by atomic mass is 16.4. The van der Waals surface area contributed by atoms with E-state index in [1.54, 1.807) is 18.2 Å². The molecule has 0 unspecified atom stereocenters. The van der Waals surface area contributed by atoms with Crippen molar-refractivity contribution in [2.75, 3.05) is 0 Å². The maximum atomic E-state index is 11.3. The standard InChI is InChI=1S/C23H28N2O2/c1-22(2)13-17(14-23(3,4)15-22)16-9-11-18(12-10-16)24-25-20-8-6-5-7-19(20)21(26)27/h5-12,17H,13-15H2,1-4H3,(H,26,27)/b25-24+. The van der Waals surface area contributed by atoms with Gasteiger partial charge < -0.3 is 5.11 Å². The number of nitrogens with zero attached hydrogens (tertiary/aromatic N) is 2. The van der Waals surface area contributed by atoms with Crippen LogP contribution in [-0.4, -0.2) is 11.1 Å². The van der Waals surface area contributed by atoms with Crippen LogP contribution in [0.5, 0.6) is 0 Å². The highest BCUT2D eigenvalue weighted by molar-refractivity contribution is 5.93. The molecule has 0 saturated heterocycles. The van der Waals surface area contributed by atoms with Gasteiger partial charge in [0, 0.05) is 0 Å². The van der Waals surface area contributed by atoms with Crippen LogP contribution in [-0.2, 0) is 0 Å². The molecule has 1 aliphatic carbocycles. The van der Waals surface area contributed by atoms with Gasteiger partial charge in [-0.15, -0.1) is 5.11 Å². The summed E-state index contributed by atoms with van der Waals surface area (Å²) < 4.78 is 0. The predicted molar refractivity (Wildman–Crippen MR) is 108 cm³/mol. The predicted octanol–water partition coefficient (Wildman–Crippen LogP) is 7.12. The number of carboxylic acid groups (broad SMARTS) is 1. The first kappa shape index (κ1) is 19.3. The van der Waals surface area contributed by atoms with E-state index in [1.807, 2.05) is 12.1 Å². The second-order valence-electron chi connectivity index (χ2n) is 9.22. The Morgan fingerprint density at radius 2 is 1.52 bits per heavy atom. The number of hydrogen-bond acceptors (Lipinski definition) is 3. The van der Waals surface area contributed by atoms with Crippen molar-refractivity contribution in [3.8, 4) is 0 Å². The van der Waals surface area contributed by atoms with Crippen molar-refractivity contribution in [1.82, 2.24) is 0 Å². The van der Waals surface area contributed by atoms with E-state index in [2.05, 4.69) is 50.1 Å². The molecule has 0 heterocycles. The number of benzene rings is 2. The average Bonchev–Trinajstić information content (AvgIpc) is 2.58. The first-order chi connectivity index (χ1) is 12.7. The van der Waals surface area contributed by atoms with Gasteiger partial charge in [-0.25, -0.2) is 4.79 Å². The fourth-order valence-electron chi connectivity index (χ4n) is 4.75. The Morgan fingerprint density at radius 1 is 0.926 bits per heavy atom. The van der Waals surface area contributed by atoms with E-state index in [1.165, 1.54) is 30.9 Å². The minimum Gasteiger partial charge on any atom is -0.478 e. The molecule has 4 heteroatoms. The van der Waals surface area contributed by atoms with Crippen molar-refractivity contribution in [2.24, 2.45) is 21.1 Å². The zero-order chi connectivity index (χ0) is 19.7. The van der Waals surface area contributed by atoms with E-state index in [4.69, 9.17) is 0 Å². The molecule has 4 nitrogen and oxygen atoms in total. The van der Waals surface area contributed by atoms with Crippen molar-refractivity contribution in [3.63, 3.8) is 0 Å².